The number of aromatic nitrogens is 2. The van der Waals surface area contributed by atoms with Gasteiger partial charge < -0.3 is 9.26 Å². The van der Waals surface area contributed by atoms with Crippen LogP contribution >= 0.6 is 0 Å². The van der Waals surface area contributed by atoms with Gasteiger partial charge in [0, 0.05) is 6.54 Å². The van der Waals surface area contributed by atoms with Gasteiger partial charge in [-0.2, -0.15) is 4.98 Å². The van der Waals surface area contributed by atoms with E-state index in [9.17, 15) is 8.42 Å². The highest BCUT2D eigenvalue weighted by atomic mass is 32.2. The van der Waals surface area contributed by atoms with Gasteiger partial charge in [-0.1, -0.05) is 35.5 Å². The molecule has 0 unspecified atom stereocenters. The van der Waals surface area contributed by atoms with Crippen LogP contribution in [0, 0.1) is 6.92 Å². The number of benzene rings is 2. The summed E-state index contributed by atoms with van der Waals surface area (Å²) >= 11 is 0. The summed E-state index contributed by atoms with van der Waals surface area (Å²) in [5.74, 6) is 1.12. The lowest BCUT2D eigenvalue weighted by molar-refractivity contribution is 0.403. The molecule has 0 aliphatic heterocycles. The molecule has 1 heterocycles. The third kappa shape index (κ3) is 4.09. The van der Waals surface area contributed by atoms with Crippen molar-refractivity contribution in [1.82, 2.24) is 14.9 Å². The number of hydrogen-bond acceptors (Lipinski definition) is 6. The maximum absolute atomic E-state index is 12.6. The van der Waals surface area contributed by atoms with Crippen molar-refractivity contribution >= 4 is 10.0 Å². The standard InChI is InChI=1S/C18H19N3O4S/c1-13-20-18(25-21-13)16-12-15(8-9-17(16)24-2)26(22,23)19-11-10-14-6-4-3-5-7-14/h3-9,12,19H,10-11H2,1-2H3. The molecule has 0 atom stereocenters. The molecular formula is C18H19N3O4S. The van der Waals surface area contributed by atoms with Crippen LogP contribution in [-0.4, -0.2) is 32.2 Å². The van der Waals surface area contributed by atoms with Gasteiger partial charge in [0.25, 0.3) is 5.89 Å². The van der Waals surface area contributed by atoms with Crippen LogP contribution in [0.4, 0.5) is 0 Å². The van der Waals surface area contributed by atoms with Crippen LogP contribution in [0.2, 0.25) is 0 Å². The number of sulfonamides is 1. The van der Waals surface area contributed by atoms with E-state index in [0.29, 0.717) is 30.1 Å². The lowest BCUT2D eigenvalue weighted by atomic mass is 10.2. The average Bonchev–Trinajstić information content (AvgIpc) is 3.08. The molecule has 0 radical (unpaired) electrons. The van der Waals surface area contributed by atoms with Gasteiger partial charge in [0.1, 0.15) is 5.75 Å². The summed E-state index contributed by atoms with van der Waals surface area (Å²) in [4.78, 5) is 4.25. The predicted molar refractivity (Wildman–Crippen MR) is 96.4 cm³/mol. The fourth-order valence-corrected chi connectivity index (χ4v) is 3.54. The molecule has 1 N–H and O–H groups in total. The Morgan fingerprint density at radius 3 is 2.58 bits per heavy atom. The summed E-state index contributed by atoms with van der Waals surface area (Å²) in [6, 6.07) is 14.2. The van der Waals surface area contributed by atoms with Gasteiger partial charge in [-0.3, -0.25) is 0 Å². The zero-order valence-corrected chi connectivity index (χ0v) is 15.3. The lowest BCUT2D eigenvalue weighted by Gasteiger charge is -2.10. The van der Waals surface area contributed by atoms with Crippen molar-refractivity contribution in [2.75, 3.05) is 13.7 Å². The van der Waals surface area contributed by atoms with Gasteiger partial charge in [-0.25, -0.2) is 13.1 Å². The van der Waals surface area contributed by atoms with Crippen LogP contribution in [0.25, 0.3) is 11.5 Å². The first kappa shape index (κ1) is 18.1. The molecule has 3 rings (SSSR count). The second-order valence-corrected chi connectivity index (χ2v) is 7.41. The van der Waals surface area contributed by atoms with Gasteiger partial charge in [0.2, 0.25) is 10.0 Å². The van der Waals surface area contributed by atoms with Gasteiger partial charge in [-0.15, -0.1) is 0 Å². The van der Waals surface area contributed by atoms with Gasteiger partial charge >= 0.3 is 0 Å². The van der Waals surface area contributed by atoms with Crippen LogP contribution < -0.4 is 9.46 Å². The molecule has 26 heavy (non-hydrogen) atoms. The minimum absolute atomic E-state index is 0.109. The quantitative estimate of drug-likeness (QED) is 0.684. The van der Waals surface area contributed by atoms with Crippen LogP contribution in [0.1, 0.15) is 11.4 Å². The Balaban J connectivity index is 1.81. The van der Waals surface area contributed by atoms with E-state index in [4.69, 9.17) is 9.26 Å². The maximum Gasteiger partial charge on any atom is 0.261 e. The Morgan fingerprint density at radius 2 is 1.92 bits per heavy atom. The van der Waals surface area contributed by atoms with Gasteiger partial charge in [0.15, 0.2) is 5.82 Å². The monoisotopic (exact) mass is 373 g/mol. The molecule has 0 saturated heterocycles. The first-order valence-corrected chi connectivity index (χ1v) is 9.50. The number of nitrogens with one attached hydrogen (secondary N) is 1. The highest BCUT2D eigenvalue weighted by Crippen LogP contribution is 2.31. The summed E-state index contributed by atoms with van der Waals surface area (Å²) in [6.07, 6.45) is 0.603. The largest absolute Gasteiger partial charge is 0.496 e. The molecule has 0 fully saturated rings. The van der Waals surface area contributed by atoms with Crippen molar-refractivity contribution in [3.05, 3.63) is 59.9 Å². The fourth-order valence-electron chi connectivity index (χ4n) is 2.49. The van der Waals surface area contributed by atoms with Crippen LogP contribution in [0.15, 0.2) is 57.9 Å². The summed E-state index contributed by atoms with van der Waals surface area (Å²) in [6.45, 7) is 1.98. The molecule has 2 aromatic carbocycles. The summed E-state index contributed by atoms with van der Waals surface area (Å²) < 4.78 is 38.2. The molecule has 1 aromatic heterocycles. The Morgan fingerprint density at radius 1 is 1.15 bits per heavy atom. The molecule has 0 aliphatic rings. The molecule has 0 spiro atoms. The highest BCUT2D eigenvalue weighted by Gasteiger charge is 2.19. The van der Waals surface area contributed by atoms with Crippen molar-refractivity contribution in [3.8, 4) is 17.2 Å². The Hall–Kier alpha value is -2.71. The molecular weight excluding hydrogens is 354 g/mol. The van der Waals surface area contributed by atoms with Crippen molar-refractivity contribution in [3.63, 3.8) is 0 Å². The summed E-state index contributed by atoms with van der Waals surface area (Å²) in [7, 11) is -2.18. The summed E-state index contributed by atoms with van der Waals surface area (Å²) in [5, 5.41) is 3.74. The Labute approximate surface area is 152 Å². The predicted octanol–water partition coefficient (Wildman–Crippen LogP) is 2.57. The molecule has 3 aromatic rings. The highest BCUT2D eigenvalue weighted by molar-refractivity contribution is 7.89. The number of rotatable bonds is 7. The fraction of sp³-hybridized carbons (Fsp3) is 0.222. The molecule has 8 heteroatoms. The lowest BCUT2D eigenvalue weighted by Crippen LogP contribution is -2.26. The molecule has 136 valence electrons. The number of aryl methyl sites for hydroxylation is 1. The van der Waals surface area contributed by atoms with Crippen molar-refractivity contribution in [2.24, 2.45) is 0 Å². The van der Waals surface area contributed by atoms with Crippen LogP contribution in [0.5, 0.6) is 5.75 Å². The van der Waals surface area contributed by atoms with E-state index in [1.807, 2.05) is 30.3 Å². The normalized spacial score (nSPS) is 11.5. The molecule has 0 aliphatic carbocycles. The molecule has 0 bridgehead atoms. The van der Waals surface area contributed by atoms with Crippen molar-refractivity contribution < 1.29 is 17.7 Å². The Kier molecular flexibility index (Phi) is 5.34. The van der Waals surface area contributed by atoms with E-state index < -0.39 is 10.0 Å². The Bertz CT molecular complexity index is 985. The molecule has 7 nitrogen and oxygen atoms in total. The zero-order chi connectivity index (χ0) is 18.6. The first-order valence-electron chi connectivity index (χ1n) is 8.02. The smallest absolute Gasteiger partial charge is 0.261 e. The molecule has 0 amide bonds. The number of methoxy groups -OCH3 is 1. The maximum atomic E-state index is 12.6. The average molecular weight is 373 g/mol. The number of hydrogen-bond donors (Lipinski definition) is 1. The first-order chi connectivity index (χ1) is 12.5. The minimum atomic E-state index is -3.67. The van der Waals surface area contributed by atoms with E-state index in [2.05, 4.69) is 14.9 Å². The molecule has 0 saturated carbocycles. The van der Waals surface area contributed by atoms with Gasteiger partial charge in [0.05, 0.1) is 17.6 Å². The van der Waals surface area contributed by atoms with E-state index >= 15 is 0 Å². The number of nitrogens with zero attached hydrogens (tertiary/aromatic N) is 2. The third-order valence-corrected chi connectivity index (χ3v) is 5.25. The number of ether oxygens (including phenoxy) is 1. The summed E-state index contributed by atoms with van der Waals surface area (Å²) in [5.41, 5.74) is 1.49. The van der Waals surface area contributed by atoms with E-state index in [1.165, 1.54) is 19.2 Å². The van der Waals surface area contributed by atoms with E-state index in [0.717, 1.165) is 5.56 Å². The van der Waals surface area contributed by atoms with Crippen molar-refractivity contribution in [2.45, 2.75) is 18.2 Å². The van der Waals surface area contributed by atoms with Crippen LogP contribution in [0.3, 0.4) is 0 Å². The van der Waals surface area contributed by atoms with Crippen LogP contribution in [-0.2, 0) is 16.4 Å². The second kappa shape index (κ2) is 7.67. The third-order valence-electron chi connectivity index (χ3n) is 3.79. The minimum Gasteiger partial charge on any atom is -0.496 e. The SMILES string of the molecule is COc1ccc(S(=O)(=O)NCCc2ccccc2)cc1-c1nc(C)no1. The van der Waals surface area contributed by atoms with E-state index in [1.54, 1.807) is 13.0 Å². The van der Waals surface area contributed by atoms with E-state index in [-0.39, 0.29) is 10.8 Å². The van der Waals surface area contributed by atoms with Crippen molar-refractivity contribution in [1.29, 1.82) is 0 Å². The topological polar surface area (TPSA) is 94.3 Å². The zero-order valence-electron chi connectivity index (χ0n) is 14.5. The second-order valence-electron chi connectivity index (χ2n) is 5.64. The van der Waals surface area contributed by atoms with Gasteiger partial charge in [-0.05, 0) is 37.1 Å².